The van der Waals surface area contributed by atoms with Crippen molar-refractivity contribution in [2.24, 2.45) is 4.99 Å². The molecule has 0 bridgehead atoms. The number of aliphatic imine (C=N–C) groups is 1. The molecular formula is C25H22N2O2S. The maximum absolute atomic E-state index is 13.4. The van der Waals surface area contributed by atoms with Crippen LogP contribution in [-0.2, 0) is 4.79 Å². The number of benzene rings is 3. The average molecular weight is 415 g/mol. The predicted octanol–water partition coefficient (Wildman–Crippen LogP) is 6.06. The van der Waals surface area contributed by atoms with Gasteiger partial charge in [-0.3, -0.25) is 9.69 Å². The fourth-order valence-electron chi connectivity index (χ4n) is 3.28. The number of nitrogens with zero attached hydrogens (tertiary/aromatic N) is 2. The molecule has 0 aromatic heterocycles. The number of para-hydroxylation sites is 1. The van der Waals surface area contributed by atoms with Crippen LogP contribution in [0.1, 0.15) is 24.1 Å². The normalized spacial score (nSPS) is 17.5. The molecule has 30 heavy (non-hydrogen) atoms. The molecule has 0 spiro atoms. The van der Waals surface area contributed by atoms with Crippen LogP contribution in [0, 0.1) is 0 Å². The van der Waals surface area contributed by atoms with Gasteiger partial charge in [-0.2, -0.15) is 0 Å². The summed E-state index contributed by atoms with van der Waals surface area (Å²) in [6, 6.07) is 27.3. The smallest absolute Gasteiger partial charge is 0.267 e. The molecule has 0 unspecified atom stereocenters. The standard InChI is InChI=1S/C25H22N2O2S/c1-18(20-11-5-3-6-12-20)27-24(28)23(17-19-10-9-15-22(16-19)29-2)30-25(27)26-21-13-7-4-8-14-21/h3-18H,1-2H3/b23-17+,26-25?/t18-/m0/s1. The molecule has 0 aliphatic carbocycles. The number of rotatable bonds is 5. The molecule has 3 aromatic rings. The lowest BCUT2D eigenvalue weighted by molar-refractivity contribution is -0.123. The summed E-state index contributed by atoms with van der Waals surface area (Å²) >= 11 is 1.40. The number of thioether (sulfide) groups is 1. The van der Waals surface area contributed by atoms with Gasteiger partial charge in [-0.1, -0.05) is 60.7 Å². The summed E-state index contributed by atoms with van der Waals surface area (Å²) in [6.07, 6.45) is 1.90. The first-order chi connectivity index (χ1) is 14.7. The Balaban J connectivity index is 1.74. The number of carbonyl (C=O) groups is 1. The SMILES string of the molecule is COc1cccc(/C=C2/SC(=Nc3ccccc3)N([C@@H](C)c3ccccc3)C2=O)c1. The van der Waals surface area contributed by atoms with Crippen molar-refractivity contribution in [3.63, 3.8) is 0 Å². The van der Waals surface area contributed by atoms with E-state index >= 15 is 0 Å². The van der Waals surface area contributed by atoms with Gasteiger partial charge in [-0.15, -0.1) is 0 Å². The van der Waals surface area contributed by atoms with Crippen LogP contribution in [0.5, 0.6) is 5.75 Å². The highest BCUT2D eigenvalue weighted by Gasteiger charge is 2.37. The largest absolute Gasteiger partial charge is 0.497 e. The molecule has 1 aliphatic rings. The van der Waals surface area contributed by atoms with Crippen LogP contribution in [-0.4, -0.2) is 23.1 Å². The van der Waals surface area contributed by atoms with Gasteiger partial charge in [0.1, 0.15) is 5.75 Å². The van der Waals surface area contributed by atoms with Gasteiger partial charge in [0.05, 0.1) is 23.7 Å². The van der Waals surface area contributed by atoms with Gasteiger partial charge in [0.25, 0.3) is 5.91 Å². The Kier molecular flexibility index (Phi) is 6.00. The second-order valence-electron chi connectivity index (χ2n) is 6.88. The predicted molar refractivity (Wildman–Crippen MR) is 124 cm³/mol. The molecule has 0 saturated carbocycles. The molecule has 4 rings (SSSR count). The summed E-state index contributed by atoms with van der Waals surface area (Å²) < 4.78 is 5.31. The number of hydrogen-bond donors (Lipinski definition) is 0. The van der Waals surface area contributed by atoms with Gasteiger partial charge in [-0.25, -0.2) is 4.99 Å². The van der Waals surface area contributed by atoms with Crippen molar-refractivity contribution in [2.75, 3.05) is 7.11 Å². The monoisotopic (exact) mass is 414 g/mol. The number of amides is 1. The molecular weight excluding hydrogens is 392 g/mol. The molecule has 5 heteroatoms. The fourth-order valence-corrected chi connectivity index (χ4v) is 4.35. The van der Waals surface area contributed by atoms with E-state index in [1.807, 2.05) is 97.9 Å². The molecule has 4 nitrogen and oxygen atoms in total. The van der Waals surface area contributed by atoms with Gasteiger partial charge in [-0.05, 0) is 60.2 Å². The second-order valence-corrected chi connectivity index (χ2v) is 7.89. The topological polar surface area (TPSA) is 41.9 Å². The van der Waals surface area contributed by atoms with Crippen LogP contribution in [0.3, 0.4) is 0 Å². The van der Waals surface area contributed by atoms with Crippen molar-refractivity contribution >= 4 is 34.6 Å². The number of hydrogen-bond acceptors (Lipinski definition) is 4. The van der Waals surface area contributed by atoms with Crippen LogP contribution in [0.25, 0.3) is 6.08 Å². The van der Waals surface area contributed by atoms with Gasteiger partial charge in [0.2, 0.25) is 0 Å². The number of methoxy groups -OCH3 is 1. The molecule has 0 radical (unpaired) electrons. The highest BCUT2D eigenvalue weighted by molar-refractivity contribution is 8.18. The maximum atomic E-state index is 13.4. The minimum absolute atomic E-state index is 0.0474. The Bertz CT molecular complexity index is 1090. The van der Waals surface area contributed by atoms with Crippen molar-refractivity contribution in [3.05, 3.63) is 101 Å². The quantitative estimate of drug-likeness (QED) is 0.477. The first-order valence-electron chi connectivity index (χ1n) is 9.71. The summed E-state index contributed by atoms with van der Waals surface area (Å²) in [5, 5.41) is 0.677. The third-order valence-corrected chi connectivity index (χ3v) is 5.86. The molecule has 1 atom stereocenters. The van der Waals surface area contributed by atoms with Crippen molar-refractivity contribution in [3.8, 4) is 5.75 Å². The van der Waals surface area contributed by atoms with Gasteiger partial charge in [0.15, 0.2) is 5.17 Å². The van der Waals surface area contributed by atoms with Crippen LogP contribution in [0.15, 0.2) is 94.8 Å². The van der Waals surface area contributed by atoms with Crippen LogP contribution >= 0.6 is 11.8 Å². The molecule has 1 saturated heterocycles. The number of ether oxygens (including phenoxy) is 1. The lowest BCUT2D eigenvalue weighted by Crippen LogP contribution is -2.32. The molecule has 3 aromatic carbocycles. The summed E-state index contributed by atoms with van der Waals surface area (Å²) in [7, 11) is 1.63. The fraction of sp³-hybridized carbons (Fsp3) is 0.120. The maximum Gasteiger partial charge on any atom is 0.267 e. The zero-order valence-corrected chi connectivity index (χ0v) is 17.7. The molecule has 150 valence electrons. The first kappa shape index (κ1) is 20.0. The van der Waals surface area contributed by atoms with Gasteiger partial charge >= 0.3 is 0 Å². The van der Waals surface area contributed by atoms with Crippen molar-refractivity contribution in [1.29, 1.82) is 0 Å². The van der Waals surface area contributed by atoms with Gasteiger partial charge in [0, 0.05) is 0 Å². The first-order valence-corrected chi connectivity index (χ1v) is 10.5. The van der Waals surface area contributed by atoms with Crippen LogP contribution in [0.4, 0.5) is 5.69 Å². The summed E-state index contributed by atoms with van der Waals surface area (Å²) in [4.78, 5) is 20.6. The molecule has 1 amide bonds. The Labute approximate surface area is 180 Å². The van der Waals surface area contributed by atoms with E-state index in [0.29, 0.717) is 10.1 Å². The van der Waals surface area contributed by atoms with E-state index in [4.69, 9.17) is 9.73 Å². The third kappa shape index (κ3) is 4.31. The van der Waals surface area contributed by atoms with E-state index in [9.17, 15) is 4.79 Å². The van der Waals surface area contributed by atoms with Gasteiger partial charge < -0.3 is 4.74 Å². The van der Waals surface area contributed by atoms with E-state index in [0.717, 1.165) is 22.6 Å². The Morgan fingerprint density at radius 1 is 0.967 bits per heavy atom. The van der Waals surface area contributed by atoms with E-state index in [-0.39, 0.29) is 11.9 Å². The van der Waals surface area contributed by atoms with Crippen LogP contribution in [0.2, 0.25) is 0 Å². The summed E-state index contributed by atoms with van der Waals surface area (Å²) in [6.45, 7) is 2.03. The van der Waals surface area contributed by atoms with E-state index in [1.165, 1.54) is 11.8 Å². The minimum atomic E-state index is -0.134. The minimum Gasteiger partial charge on any atom is -0.497 e. The molecule has 1 aliphatic heterocycles. The van der Waals surface area contributed by atoms with E-state index in [1.54, 1.807) is 12.0 Å². The second kappa shape index (κ2) is 9.01. The summed E-state index contributed by atoms with van der Waals surface area (Å²) in [5.41, 5.74) is 2.80. The molecule has 1 heterocycles. The van der Waals surface area contributed by atoms with Crippen molar-refractivity contribution in [2.45, 2.75) is 13.0 Å². The highest BCUT2D eigenvalue weighted by atomic mass is 32.2. The lowest BCUT2D eigenvalue weighted by atomic mass is 10.1. The average Bonchev–Trinajstić information content (AvgIpc) is 3.09. The Morgan fingerprint density at radius 2 is 1.67 bits per heavy atom. The Morgan fingerprint density at radius 3 is 2.37 bits per heavy atom. The number of carbonyl (C=O) groups excluding carboxylic acids is 1. The zero-order valence-electron chi connectivity index (χ0n) is 16.9. The zero-order chi connectivity index (χ0) is 20.9. The van der Waals surface area contributed by atoms with Crippen molar-refractivity contribution < 1.29 is 9.53 Å². The Hall–Kier alpha value is -3.31. The molecule has 0 N–H and O–H groups in total. The highest BCUT2D eigenvalue weighted by Crippen LogP contribution is 2.39. The van der Waals surface area contributed by atoms with E-state index in [2.05, 4.69) is 0 Å². The summed E-state index contributed by atoms with van der Waals surface area (Å²) in [5.74, 6) is 0.710. The lowest BCUT2D eigenvalue weighted by Gasteiger charge is -2.24. The van der Waals surface area contributed by atoms with Crippen LogP contribution < -0.4 is 4.74 Å². The van der Waals surface area contributed by atoms with E-state index < -0.39 is 0 Å². The number of amidine groups is 1. The third-order valence-electron chi connectivity index (χ3n) is 4.88. The van der Waals surface area contributed by atoms with Crippen molar-refractivity contribution in [1.82, 2.24) is 4.90 Å². The molecule has 1 fully saturated rings.